The molecule has 0 saturated heterocycles. The van der Waals surface area contributed by atoms with Crippen molar-refractivity contribution in [2.75, 3.05) is 5.73 Å². The number of nitrogens with two attached hydrogens (primary N) is 1. The average molecular weight is 231 g/mol. The molecule has 0 aliphatic rings. The number of hydrogen-bond donors (Lipinski definition) is 4. The number of phosphoric acid groups is 1. The van der Waals surface area contributed by atoms with Gasteiger partial charge in [0.2, 0.25) is 0 Å². The van der Waals surface area contributed by atoms with Crippen molar-refractivity contribution in [3.63, 3.8) is 0 Å². The molecule has 0 spiro atoms. The fourth-order valence-corrected chi connectivity index (χ4v) is 0.887. The van der Waals surface area contributed by atoms with Gasteiger partial charge in [-0.2, -0.15) is 0 Å². The average Bonchev–Trinajstić information content (AvgIpc) is 2.01. The van der Waals surface area contributed by atoms with Gasteiger partial charge in [-0.1, -0.05) is 18.2 Å². The summed E-state index contributed by atoms with van der Waals surface area (Å²) in [5.74, 6) is 0. The Labute approximate surface area is 88.1 Å². The minimum Gasteiger partial charge on any atom is -0.399 e. The molecule has 0 unspecified atom stereocenters. The van der Waals surface area contributed by atoms with Crippen LogP contribution in [0.5, 0.6) is 0 Å². The summed E-state index contributed by atoms with van der Waals surface area (Å²) in [6, 6.07) is 7.83. The topological polar surface area (TPSA) is 104 Å². The van der Waals surface area contributed by atoms with Crippen molar-refractivity contribution in [1.82, 2.24) is 0 Å². The van der Waals surface area contributed by atoms with E-state index in [4.69, 9.17) is 25.0 Å². The predicted molar refractivity (Wildman–Crippen MR) is 59.0 cm³/mol. The second-order valence-corrected chi connectivity index (χ2v) is 3.78. The van der Waals surface area contributed by atoms with Crippen LogP contribution in [0.2, 0.25) is 0 Å². The van der Waals surface area contributed by atoms with E-state index in [9.17, 15) is 0 Å². The van der Waals surface area contributed by atoms with Gasteiger partial charge in [0.25, 0.3) is 0 Å². The molecule has 0 amide bonds. The van der Waals surface area contributed by atoms with E-state index in [1.165, 1.54) is 5.56 Å². The molecule has 0 aliphatic heterocycles. The SMILES string of the molecule is C=CCc1cccc(N)c1.O=P(O)(O)O. The van der Waals surface area contributed by atoms with Crippen LogP contribution in [0.25, 0.3) is 0 Å². The molecule has 0 aliphatic carbocycles. The predicted octanol–water partition coefficient (Wildman–Crippen LogP) is 1.07. The summed E-state index contributed by atoms with van der Waals surface area (Å²) in [5.41, 5.74) is 7.59. The first-order valence-corrected chi connectivity index (χ1v) is 5.63. The van der Waals surface area contributed by atoms with Crippen LogP contribution in [0.3, 0.4) is 0 Å². The molecule has 5 N–H and O–H groups in total. The summed E-state index contributed by atoms with van der Waals surface area (Å²) >= 11 is 0. The van der Waals surface area contributed by atoms with Gasteiger partial charge in [-0.25, -0.2) is 4.57 Å². The summed E-state index contributed by atoms with van der Waals surface area (Å²) in [7, 11) is -4.64. The highest BCUT2D eigenvalue weighted by Crippen LogP contribution is 2.25. The minimum absolute atomic E-state index is 0.819. The third kappa shape index (κ3) is 10.8. The molecular weight excluding hydrogens is 217 g/mol. The first kappa shape index (κ1) is 13.9. The zero-order valence-electron chi connectivity index (χ0n) is 8.08. The van der Waals surface area contributed by atoms with Crippen LogP contribution in [0, 0.1) is 0 Å². The van der Waals surface area contributed by atoms with Crippen LogP contribution in [-0.2, 0) is 11.0 Å². The monoisotopic (exact) mass is 231 g/mol. The zero-order chi connectivity index (χ0) is 11.9. The lowest BCUT2D eigenvalue weighted by Gasteiger charge is -1.96. The minimum atomic E-state index is -4.64. The van der Waals surface area contributed by atoms with Crippen LogP contribution < -0.4 is 5.73 Å². The summed E-state index contributed by atoms with van der Waals surface area (Å²) < 4.78 is 8.88. The lowest BCUT2D eigenvalue weighted by atomic mass is 10.1. The van der Waals surface area contributed by atoms with Gasteiger partial charge in [-0.3, -0.25) is 0 Å². The summed E-state index contributed by atoms with van der Waals surface area (Å²) in [5, 5.41) is 0. The maximum Gasteiger partial charge on any atom is 0.466 e. The number of nitrogen functional groups attached to an aromatic ring is 1. The number of hydrogen-bond acceptors (Lipinski definition) is 2. The van der Waals surface area contributed by atoms with Crippen molar-refractivity contribution in [3.8, 4) is 0 Å². The fourth-order valence-electron chi connectivity index (χ4n) is 0.887. The Kier molecular flexibility index (Phi) is 5.89. The van der Waals surface area contributed by atoms with E-state index in [1.54, 1.807) is 0 Å². The number of rotatable bonds is 2. The molecule has 6 heteroatoms. The van der Waals surface area contributed by atoms with E-state index >= 15 is 0 Å². The van der Waals surface area contributed by atoms with Crippen LogP contribution >= 0.6 is 7.82 Å². The lowest BCUT2D eigenvalue weighted by Crippen LogP contribution is -1.86. The van der Waals surface area contributed by atoms with E-state index in [0.717, 1.165) is 12.1 Å². The maximum atomic E-state index is 8.88. The first-order chi connectivity index (χ1) is 6.83. The van der Waals surface area contributed by atoms with Crippen molar-refractivity contribution < 1.29 is 19.2 Å². The first-order valence-electron chi connectivity index (χ1n) is 4.06. The fraction of sp³-hybridized carbons (Fsp3) is 0.111. The van der Waals surface area contributed by atoms with E-state index in [2.05, 4.69) is 6.58 Å². The molecule has 0 atom stereocenters. The molecule has 1 aromatic rings. The van der Waals surface area contributed by atoms with Crippen molar-refractivity contribution in [1.29, 1.82) is 0 Å². The van der Waals surface area contributed by atoms with Gasteiger partial charge < -0.3 is 20.4 Å². The molecule has 0 heterocycles. The normalized spacial score (nSPS) is 10.1. The summed E-state index contributed by atoms with van der Waals surface area (Å²) in [6.45, 7) is 3.64. The Hall–Kier alpha value is -1.13. The van der Waals surface area contributed by atoms with E-state index < -0.39 is 7.82 Å². The summed E-state index contributed by atoms with van der Waals surface area (Å²) in [4.78, 5) is 21.6. The van der Waals surface area contributed by atoms with Gasteiger partial charge in [0.05, 0.1) is 0 Å². The lowest BCUT2D eigenvalue weighted by molar-refractivity contribution is 0.275. The van der Waals surface area contributed by atoms with Crippen LogP contribution in [-0.4, -0.2) is 14.7 Å². The number of benzene rings is 1. The second-order valence-electron chi connectivity index (χ2n) is 2.75. The largest absolute Gasteiger partial charge is 0.466 e. The standard InChI is InChI=1S/C9H11N.H3O4P/c1-2-4-8-5-3-6-9(10)7-8;1-5(2,3)4/h2-3,5-7H,1,4,10H2;(H3,1,2,3,4). The molecular formula is C9H14NO4P. The second kappa shape index (κ2) is 6.37. The van der Waals surface area contributed by atoms with Crippen molar-refractivity contribution in [2.24, 2.45) is 0 Å². The Bertz CT molecular complexity index is 353. The van der Waals surface area contributed by atoms with Gasteiger partial charge in [-0.05, 0) is 24.1 Å². The van der Waals surface area contributed by atoms with Crippen LogP contribution in [0.1, 0.15) is 5.56 Å². The highest BCUT2D eigenvalue weighted by atomic mass is 31.2. The van der Waals surface area contributed by atoms with Crippen molar-refractivity contribution in [3.05, 3.63) is 42.5 Å². The van der Waals surface area contributed by atoms with E-state index in [-0.39, 0.29) is 0 Å². The molecule has 1 rings (SSSR count). The van der Waals surface area contributed by atoms with Gasteiger partial charge in [0.1, 0.15) is 0 Å². The van der Waals surface area contributed by atoms with Gasteiger partial charge in [0, 0.05) is 5.69 Å². The van der Waals surface area contributed by atoms with Gasteiger partial charge in [-0.15, -0.1) is 6.58 Å². The van der Waals surface area contributed by atoms with Crippen LogP contribution in [0.15, 0.2) is 36.9 Å². The quantitative estimate of drug-likeness (QED) is 0.346. The molecule has 0 saturated carbocycles. The Morgan fingerprint density at radius 1 is 1.40 bits per heavy atom. The van der Waals surface area contributed by atoms with E-state index in [1.807, 2.05) is 30.3 Å². The Balaban J connectivity index is 0.000000336. The van der Waals surface area contributed by atoms with Crippen LogP contribution in [0.4, 0.5) is 5.69 Å². The van der Waals surface area contributed by atoms with Crippen molar-refractivity contribution in [2.45, 2.75) is 6.42 Å². The van der Waals surface area contributed by atoms with Gasteiger partial charge >= 0.3 is 7.82 Å². The molecule has 1 aromatic carbocycles. The summed E-state index contributed by atoms with van der Waals surface area (Å²) in [6.07, 6.45) is 2.76. The smallest absolute Gasteiger partial charge is 0.399 e. The zero-order valence-corrected chi connectivity index (χ0v) is 8.97. The molecule has 0 fully saturated rings. The molecule has 15 heavy (non-hydrogen) atoms. The molecule has 0 aromatic heterocycles. The highest BCUT2D eigenvalue weighted by Gasteiger charge is 2.00. The number of anilines is 1. The third-order valence-electron chi connectivity index (χ3n) is 1.33. The molecule has 84 valence electrons. The van der Waals surface area contributed by atoms with Crippen molar-refractivity contribution >= 4 is 13.5 Å². The van der Waals surface area contributed by atoms with Gasteiger partial charge in [0.15, 0.2) is 0 Å². The molecule has 5 nitrogen and oxygen atoms in total. The maximum absolute atomic E-state index is 8.88. The number of allylic oxidation sites excluding steroid dienone is 1. The highest BCUT2D eigenvalue weighted by molar-refractivity contribution is 7.45. The Morgan fingerprint density at radius 3 is 2.33 bits per heavy atom. The van der Waals surface area contributed by atoms with E-state index in [0.29, 0.717) is 0 Å². The molecule has 0 bridgehead atoms. The Morgan fingerprint density at radius 2 is 1.93 bits per heavy atom. The molecule has 0 radical (unpaired) electrons. The third-order valence-corrected chi connectivity index (χ3v) is 1.33.